The topological polar surface area (TPSA) is 272 Å². The van der Waals surface area contributed by atoms with Crippen molar-refractivity contribution < 1.29 is 75.8 Å². The van der Waals surface area contributed by atoms with E-state index >= 15 is 0 Å². The molecule has 0 bridgehead atoms. The molecule has 0 aliphatic rings. The molecule has 0 aliphatic heterocycles. The summed E-state index contributed by atoms with van der Waals surface area (Å²) in [5.41, 5.74) is 0. The van der Waals surface area contributed by atoms with Gasteiger partial charge in [0.2, 0.25) is 0 Å². The van der Waals surface area contributed by atoms with Gasteiger partial charge in [0, 0.05) is 0 Å². The van der Waals surface area contributed by atoms with E-state index in [2.05, 4.69) is 0 Å². The molecule has 0 aliphatic carbocycles. The number of halogens is 2. The van der Waals surface area contributed by atoms with E-state index < -0.39 is 10.2 Å². The van der Waals surface area contributed by atoms with Crippen molar-refractivity contribution >= 4 is 0 Å². The summed E-state index contributed by atoms with van der Waals surface area (Å²) in [5, 5.41) is 29.5. The van der Waals surface area contributed by atoms with Gasteiger partial charge in [0.1, 0.15) is 0 Å². The molecule has 0 atom stereocenters. The summed E-state index contributed by atoms with van der Waals surface area (Å²) in [5.74, 6) is 0. The SMILES string of the molecule is N.N.N.N.O=[N+]([O-])[O-].O=[N+]([O-])[O-].[Cl-].[Cl-].[Pd+2].[Pd+2]. The normalized spacial score (nSPS) is 3.00. The van der Waals surface area contributed by atoms with Gasteiger partial charge in [-0.15, -0.1) is 0 Å². The maximum atomic E-state index is 8.25. The maximum absolute atomic E-state index is 8.25. The second kappa shape index (κ2) is 80.3. The molecule has 0 aromatic rings. The van der Waals surface area contributed by atoms with Gasteiger partial charge in [-0.3, -0.25) is 0 Å². The van der Waals surface area contributed by atoms with Gasteiger partial charge in [-0.25, -0.2) is 0 Å². The summed E-state index contributed by atoms with van der Waals surface area (Å²) in [6.07, 6.45) is 0. The Bertz CT molecular complexity index is 87.0. The molecular formula is H12Cl2N6O6Pd2. The van der Waals surface area contributed by atoms with Crippen LogP contribution in [0.15, 0.2) is 0 Å². The van der Waals surface area contributed by atoms with E-state index in [9.17, 15) is 0 Å². The van der Waals surface area contributed by atoms with Crippen molar-refractivity contribution in [3.8, 4) is 0 Å². The Morgan fingerprint density at radius 2 is 0.562 bits per heavy atom. The first-order valence-electron chi connectivity index (χ1n) is 1.10. The molecule has 0 saturated heterocycles. The standard InChI is InChI=1S/2ClH.2NO3.4H3N.2Pd/c;;2*2-1(3)4;;;;;;/h2*1H;;;4*1H3;;/q;;2*-1;;;;;2*+2/p-2. The van der Waals surface area contributed by atoms with Crippen molar-refractivity contribution in [1.29, 1.82) is 0 Å². The van der Waals surface area contributed by atoms with Crippen LogP contribution >= 0.6 is 0 Å². The molecule has 0 heterocycles. The third-order valence-corrected chi connectivity index (χ3v) is 0. The Balaban J connectivity index is -0.00000000375. The van der Waals surface area contributed by atoms with Gasteiger partial charge >= 0.3 is 40.8 Å². The first-order chi connectivity index (χ1) is 3.46. The Hall–Kier alpha value is 0.145. The molecule has 112 valence electrons. The number of rotatable bonds is 0. The smallest absolute Gasteiger partial charge is 1.00 e. The molecule has 16 heteroatoms. The second-order valence-electron chi connectivity index (χ2n) is 0.447. The van der Waals surface area contributed by atoms with Crippen LogP contribution in [0.5, 0.6) is 0 Å². The van der Waals surface area contributed by atoms with Crippen LogP contribution in [0.25, 0.3) is 0 Å². The van der Waals surface area contributed by atoms with Crippen molar-refractivity contribution in [3.05, 3.63) is 30.6 Å². The average molecular weight is 476 g/mol. The Morgan fingerprint density at radius 3 is 0.562 bits per heavy atom. The molecule has 0 amide bonds. The van der Waals surface area contributed by atoms with E-state index in [0.717, 1.165) is 0 Å². The summed E-state index contributed by atoms with van der Waals surface area (Å²) in [6.45, 7) is 0. The van der Waals surface area contributed by atoms with Crippen LogP contribution in [0.2, 0.25) is 0 Å². The molecule has 16 heavy (non-hydrogen) atoms. The molecule has 12 N–H and O–H groups in total. The molecule has 0 unspecified atom stereocenters. The van der Waals surface area contributed by atoms with E-state index in [1.165, 1.54) is 0 Å². The maximum Gasteiger partial charge on any atom is 2.00 e. The Labute approximate surface area is 131 Å². The summed E-state index contributed by atoms with van der Waals surface area (Å²) in [6, 6.07) is 0. The van der Waals surface area contributed by atoms with E-state index in [1.54, 1.807) is 0 Å². The van der Waals surface area contributed by atoms with Crippen LogP contribution in [0.4, 0.5) is 0 Å². The zero-order chi connectivity index (χ0) is 7.15. The van der Waals surface area contributed by atoms with Gasteiger partial charge in [-0.05, 0) is 0 Å². The van der Waals surface area contributed by atoms with Gasteiger partial charge < -0.3 is 80.1 Å². The van der Waals surface area contributed by atoms with Crippen molar-refractivity contribution in [2.75, 3.05) is 0 Å². The first kappa shape index (κ1) is 98.1. The Kier molecular flexibility index (Phi) is 492. The molecule has 0 spiro atoms. The molecule has 12 nitrogen and oxygen atoms in total. The van der Waals surface area contributed by atoms with Crippen molar-refractivity contribution in [2.24, 2.45) is 0 Å². The van der Waals surface area contributed by atoms with Crippen LogP contribution in [0, 0.1) is 30.6 Å². The van der Waals surface area contributed by atoms with Gasteiger partial charge in [-0.1, -0.05) is 0 Å². The second-order valence-corrected chi connectivity index (χ2v) is 0.447. The molecule has 0 aromatic heterocycles. The fraction of sp³-hybridized carbons (Fsp3) is 0. The molecule has 0 rings (SSSR count). The molecule has 0 aromatic carbocycles. The number of hydrogen-bond donors (Lipinski definition) is 4. The zero-order valence-electron chi connectivity index (χ0n) is 7.56. The fourth-order valence-corrected chi connectivity index (χ4v) is 0. The quantitative estimate of drug-likeness (QED) is 0.146. The van der Waals surface area contributed by atoms with E-state index in [-0.39, 0.29) is 90.3 Å². The van der Waals surface area contributed by atoms with E-state index in [1.807, 2.05) is 0 Å². The minimum Gasteiger partial charge on any atom is -1.00 e. The minimum absolute atomic E-state index is 0. The van der Waals surface area contributed by atoms with Gasteiger partial charge in [0.25, 0.3) is 0 Å². The van der Waals surface area contributed by atoms with Crippen LogP contribution in [0.3, 0.4) is 0 Å². The third-order valence-electron chi connectivity index (χ3n) is 0. The van der Waals surface area contributed by atoms with Crippen LogP contribution in [0.1, 0.15) is 0 Å². The van der Waals surface area contributed by atoms with E-state index in [0.29, 0.717) is 0 Å². The fourth-order valence-electron chi connectivity index (χ4n) is 0. The molecule has 0 fully saturated rings. The first-order valence-corrected chi connectivity index (χ1v) is 1.10. The van der Waals surface area contributed by atoms with Crippen LogP contribution in [-0.4, -0.2) is 10.2 Å². The molecule has 0 saturated carbocycles. The largest absolute Gasteiger partial charge is 2.00 e. The van der Waals surface area contributed by atoms with E-state index in [4.69, 9.17) is 30.6 Å². The molecule has 0 radical (unpaired) electrons. The molecular weight excluding hydrogens is 464 g/mol. The Morgan fingerprint density at radius 1 is 0.562 bits per heavy atom. The predicted octanol–water partition coefficient (Wildman–Crippen LogP) is -5.83. The summed E-state index contributed by atoms with van der Waals surface area (Å²) < 4.78 is 0. The average Bonchev–Trinajstić information content (AvgIpc) is 1.25. The summed E-state index contributed by atoms with van der Waals surface area (Å²) in [7, 11) is 0. The summed E-state index contributed by atoms with van der Waals surface area (Å²) in [4.78, 5) is 16.5. The third kappa shape index (κ3) is 117000. The zero-order valence-corrected chi connectivity index (χ0v) is 12.2. The van der Waals surface area contributed by atoms with Crippen molar-refractivity contribution in [1.82, 2.24) is 24.6 Å². The van der Waals surface area contributed by atoms with Gasteiger partial charge in [-0.2, -0.15) is 0 Å². The number of nitrogens with zero attached hydrogens (tertiary/aromatic N) is 2. The van der Waals surface area contributed by atoms with Crippen molar-refractivity contribution in [2.45, 2.75) is 0 Å². The minimum atomic E-state index is -1.75. The monoisotopic (exact) mass is 474 g/mol. The van der Waals surface area contributed by atoms with Crippen molar-refractivity contribution in [3.63, 3.8) is 0 Å². The van der Waals surface area contributed by atoms with Gasteiger partial charge in [0.05, 0.1) is 10.2 Å². The van der Waals surface area contributed by atoms with Gasteiger partial charge in [0.15, 0.2) is 0 Å². The predicted molar refractivity (Wildman–Crippen MR) is 40.8 cm³/mol. The van der Waals surface area contributed by atoms with Crippen LogP contribution in [-0.2, 0) is 40.8 Å². The summed E-state index contributed by atoms with van der Waals surface area (Å²) >= 11 is 0. The van der Waals surface area contributed by atoms with Crippen LogP contribution < -0.4 is 49.4 Å². The number of hydrogen-bond acceptors (Lipinski definition) is 10.